The Balaban J connectivity index is 1.63. The van der Waals surface area contributed by atoms with Gasteiger partial charge in [0, 0.05) is 45.0 Å². The van der Waals surface area contributed by atoms with E-state index in [9.17, 15) is 22.4 Å². The van der Waals surface area contributed by atoms with Crippen LogP contribution in [-0.2, 0) is 19.6 Å². The number of hydrogen-bond acceptors (Lipinski definition) is 6. The van der Waals surface area contributed by atoms with E-state index in [1.54, 1.807) is 50.4 Å². The number of sulfonamides is 1. The highest BCUT2D eigenvalue weighted by molar-refractivity contribution is 7.89. The summed E-state index contributed by atoms with van der Waals surface area (Å²) >= 11 is 0. The largest absolute Gasteiger partial charge is 0.463 e. The quantitative estimate of drug-likeness (QED) is 0.553. The van der Waals surface area contributed by atoms with Gasteiger partial charge in [-0.1, -0.05) is 30.3 Å². The Morgan fingerprint density at radius 2 is 1.86 bits per heavy atom. The van der Waals surface area contributed by atoms with Crippen LogP contribution in [0.2, 0.25) is 0 Å². The minimum Gasteiger partial charge on any atom is -0.463 e. The number of hydrogen-bond donors (Lipinski definition) is 1. The number of esters is 1. The zero-order valence-electron chi connectivity index (χ0n) is 21.1. The summed E-state index contributed by atoms with van der Waals surface area (Å²) in [7, 11) is -2.10. The van der Waals surface area contributed by atoms with Crippen LogP contribution in [0.25, 0.3) is 0 Å². The van der Waals surface area contributed by atoms with Crippen molar-refractivity contribution in [2.45, 2.75) is 30.8 Å². The number of rotatable bonds is 7. The number of likely N-dealkylation sites (N-methyl/N-ethyl adjacent to an activating group) is 1. The van der Waals surface area contributed by atoms with Crippen molar-refractivity contribution in [3.63, 3.8) is 0 Å². The van der Waals surface area contributed by atoms with E-state index in [2.05, 4.69) is 5.32 Å². The van der Waals surface area contributed by atoms with E-state index in [1.165, 1.54) is 27.4 Å². The number of nitrogens with zero attached hydrogens (tertiary/aromatic N) is 3. The molecule has 1 saturated heterocycles. The number of amides is 2. The molecule has 0 radical (unpaired) electrons. The summed E-state index contributed by atoms with van der Waals surface area (Å²) < 4.78 is 47.2. The van der Waals surface area contributed by atoms with Gasteiger partial charge >= 0.3 is 12.0 Å². The molecule has 1 N–H and O–H groups in total. The molecule has 0 aliphatic carbocycles. The van der Waals surface area contributed by atoms with Gasteiger partial charge in [-0.15, -0.1) is 0 Å². The van der Waals surface area contributed by atoms with Gasteiger partial charge in [0.1, 0.15) is 5.82 Å². The Morgan fingerprint density at radius 3 is 2.51 bits per heavy atom. The van der Waals surface area contributed by atoms with Crippen LogP contribution in [0.4, 0.5) is 9.18 Å². The van der Waals surface area contributed by atoms with E-state index in [4.69, 9.17) is 4.74 Å². The van der Waals surface area contributed by atoms with Gasteiger partial charge in [-0.3, -0.25) is 9.80 Å². The average molecular weight is 531 g/mol. The van der Waals surface area contributed by atoms with Gasteiger partial charge in [0.25, 0.3) is 0 Å². The summed E-state index contributed by atoms with van der Waals surface area (Å²) in [4.78, 5) is 29.6. The molecule has 0 spiro atoms. The summed E-state index contributed by atoms with van der Waals surface area (Å²) in [5, 5.41) is 2.78. The second-order valence-corrected chi connectivity index (χ2v) is 11.0. The third kappa shape index (κ3) is 5.53. The summed E-state index contributed by atoms with van der Waals surface area (Å²) in [6.07, 6.45) is 0. The number of halogens is 1. The smallest absolute Gasteiger partial charge is 0.338 e. The summed E-state index contributed by atoms with van der Waals surface area (Å²) in [5.74, 6) is -1.09. The Morgan fingerprint density at radius 1 is 1.14 bits per heavy atom. The van der Waals surface area contributed by atoms with Crippen molar-refractivity contribution in [2.75, 3.05) is 39.8 Å². The second kappa shape index (κ2) is 11.0. The van der Waals surface area contributed by atoms with Crippen LogP contribution in [0.5, 0.6) is 0 Å². The summed E-state index contributed by atoms with van der Waals surface area (Å²) in [5.41, 5.74) is 1.08. The fraction of sp³-hybridized carbons (Fsp3) is 0.385. The number of ether oxygens (including phenoxy) is 1. The standard InChI is InChI=1S/C26H31FN4O5S/c1-4-36-25(32)23-22(29(3)26(33)28-24(23)19-9-8-10-20(27)15-19)17-30-13-14-31(18(2)16-30)37(34,35)21-11-6-5-7-12-21/h5-12,15,18,24H,4,13-14,16-17H2,1-3H3,(H,28,33)/t18-,24+/m0/s1. The highest BCUT2D eigenvalue weighted by atomic mass is 32.2. The number of carbonyl (C=O) groups excluding carboxylic acids is 2. The third-order valence-corrected chi connectivity index (χ3v) is 8.66. The monoisotopic (exact) mass is 530 g/mol. The van der Waals surface area contributed by atoms with Crippen LogP contribution in [0.15, 0.2) is 70.8 Å². The van der Waals surface area contributed by atoms with Gasteiger partial charge in [-0.25, -0.2) is 22.4 Å². The van der Waals surface area contributed by atoms with Gasteiger partial charge in [0.15, 0.2) is 0 Å². The SMILES string of the molecule is CCOC(=O)C1=C(CN2CCN(S(=O)(=O)c3ccccc3)[C@@H](C)C2)N(C)C(=O)N[C@@H]1c1cccc(F)c1. The first-order chi connectivity index (χ1) is 17.6. The van der Waals surface area contributed by atoms with Crippen LogP contribution in [0.3, 0.4) is 0 Å². The maximum atomic E-state index is 14.0. The molecule has 1 fully saturated rings. The highest BCUT2D eigenvalue weighted by Gasteiger charge is 2.39. The molecule has 2 aromatic rings. The number of benzene rings is 2. The van der Waals surface area contributed by atoms with E-state index < -0.39 is 33.9 Å². The van der Waals surface area contributed by atoms with E-state index in [-0.39, 0.29) is 36.2 Å². The van der Waals surface area contributed by atoms with E-state index >= 15 is 0 Å². The number of piperazine rings is 1. The number of carbonyl (C=O) groups is 2. The number of nitrogens with one attached hydrogen (secondary N) is 1. The zero-order chi connectivity index (χ0) is 26.7. The first-order valence-electron chi connectivity index (χ1n) is 12.1. The second-order valence-electron chi connectivity index (χ2n) is 9.09. The molecule has 37 heavy (non-hydrogen) atoms. The third-order valence-electron chi connectivity index (χ3n) is 6.63. The summed E-state index contributed by atoms with van der Waals surface area (Å²) in [6.45, 7) is 4.92. The van der Waals surface area contributed by atoms with Crippen LogP contribution in [-0.4, -0.2) is 80.4 Å². The fourth-order valence-corrected chi connectivity index (χ4v) is 6.43. The lowest BCUT2D eigenvalue weighted by atomic mass is 9.94. The van der Waals surface area contributed by atoms with E-state index in [0.29, 0.717) is 24.4 Å². The Hall–Kier alpha value is -3.28. The molecule has 2 aromatic carbocycles. The van der Waals surface area contributed by atoms with E-state index in [1.807, 2.05) is 11.8 Å². The predicted molar refractivity (Wildman–Crippen MR) is 135 cm³/mol. The van der Waals surface area contributed by atoms with Gasteiger partial charge in [-0.05, 0) is 43.7 Å². The first kappa shape index (κ1) is 26.8. The average Bonchev–Trinajstić information content (AvgIpc) is 2.87. The molecule has 11 heteroatoms. The molecule has 4 rings (SSSR count). The molecule has 2 amide bonds. The van der Waals surface area contributed by atoms with Crippen LogP contribution in [0.1, 0.15) is 25.5 Å². The van der Waals surface area contributed by atoms with Crippen molar-refractivity contribution in [3.05, 3.63) is 77.2 Å². The topological polar surface area (TPSA) is 99.3 Å². The van der Waals surface area contributed by atoms with E-state index in [0.717, 1.165) is 0 Å². The van der Waals surface area contributed by atoms with Crippen molar-refractivity contribution >= 4 is 22.0 Å². The van der Waals surface area contributed by atoms with Crippen LogP contribution < -0.4 is 5.32 Å². The van der Waals surface area contributed by atoms with Crippen molar-refractivity contribution in [3.8, 4) is 0 Å². The van der Waals surface area contributed by atoms with Gasteiger partial charge in [0.2, 0.25) is 10.0 Å². The molecule has 0 saturated carbocycles. The van der Waals surface area contributed by atoms with Crippen LogP contribution in [0, 0.1) is 5.82 Å². The minimum atomic E-state index is -3.66. The molecule has 2 aliphatic heterocycles. The van der Waals surface area contributed by atoms with Crippen molar-refractivity contribution < 1.29 is 27.1 Å². The Kier molecular flexibility index (Phi) is 7.96. The summed E-state index contributed by atoms with van der Waals surface area (Å²) in [6, 6.07) is 12.4. The molecule has 198 valence electrons. The lowest BCUT2D eigenvalue weighted by molar-refractivity contribution is -0.139. The van der Waals surface area contributed by atoms with Gasteiger partial charge < -0.3 is 10.1 Å². The van der Waals surface area contributed by atoms with Crippen LogP contribution >= 0.6 is 0 Å². The van der Waals surface area contributed by atoms with Crippen molar-refractivity contribution in [2.24, 2.45) is 0 Å². The van der Waals surface area contributed by atoms with Gasteiger partial charge in [0.05, 0.1) is 23.1 Å². The minimum absolute atomic E-state index is 0.135. The highest BCUT2D eigenvalue weighted by Crippen LogP contribution is 2.32. The molecule has 9 nitrogen and oxygen atoms in total. The molecule has 2 heterocycles. The lowest BCUT2D eigenvalue weighted by Gasteiger charge is -2.41. The molecular formula is C26H31FN4O5S. The lowest BCUT2D eigenvalue weighted by Crippen LogP contribution is -2.56. The Labute approximate surface area is 216 Å². The maximum Gasteiger partial charge on any atom is 0.338 e. The maximum absolute atomic E-state index is 14.0. The normalized spacial score (nSPS) is 21.6. The predicted octanol–water partition coefficient (Wildman–Crippen LogP) is 2.73. The number of urea groups is 1. The molecule has 0 aromatic heterocycles. The first-order valence-corrected chi connectivity index (χ1v) is 13.6. The molecule has 2 aliphatic rings. The molecular weight excluding hydrogens is 499 g/mol. The molecule has 2 atom stereocenters. The van der Waals surface area contributed by atoms with Crippen molar-refractivity contribution in [1.29, 1.82) is 0 Å². The fourth-order valence-electron chi connectivity index (χ4n) is 4.79. The Bertz CT molecular complexity index is 1300. The van der Waals surface area contributed by atoms with Gasteiger partial charge in [-0.2, -0.15) is 4.31 Å². The van der Waals surface area contributed by atoms with Crippen molar-refractivity contribution in [1.82, 2.24) is 19.4 Å². The zero-order valence-corrected chi connectivity index (χ0v) is 21.9. The molecule has 0 bridgehead atoms. The molecule has 0 unspecified atom stereocenters.